The van der Waals surface area contributed by atoms with Crippen LogP contribution in [0.25, 0.3) is 22.3 Å². The Morgan fingerprint density at radius 2 is 1.64 bits per heavy atom. The van der Waals surface area contributed by atoms with Crippen LogP contribution in [0.4, 0.5) is 0 Å². The predicted octanol–water partition coefficient (Wildman–Crippen LogP) is -0.227. The zero-order valence-electron chi connectivity index (χ0n) is 19.0. The molecule has 0 bridgehead atoms. The Labute approximate surface area is 202 Å². The molecule has 1 aliphatic heterocycles. The van der Waals surface area contributed by atoms with Crippen molar-refractivity contribution in [1.82, 2.24) is 0 Å². The Bertz CT molecular complexity index is 1330. The lowest BCUT2D eigenvalue weighted by molar-refractivity contribution is -0.277. The summed E-state index contributed by atoms with van der Waals surface area (Å²) in [6, 6.07) is 4.99. The van der Waals surface area contributed by atoms with Gasteiger partial charge in [0.2, 0.25) is 23.2 Å². The third-order valence-electron chi connectivity index (χ3n) is 5.79. The van der Waals surface area contributed by atoms with Crippen molar-refractivity contribution in [3.63, 3.8) is 0 Å². The molecule has 0 radical (unpaired) electrons. The lowest BCUT2D eigenvalue weighted by atomic mass is 9.99. The fraction of sp³-hybridized carbons (Fsp3) is 0.348. The van der Waals surface area contributed by atoms with E-state index in [-0.39, 0.29) is 39.5 Å². The summed E-state index contributed by atoms with van der Waals surface area (Å²) in [5.74, 6) is -2.70. The van der Waals surface area contributed by atoms with E-state index in [1.54, 1.807) is 0 Å². The first kappa shape index (κ1) is 25.3. The second-order valence-electron chi connectivity index (χ2n) is 7.94. The van der Waals surface area contributed by atoms with E-state index in [9.17, 15) is 40.5 Å². The summed E-state index contributed by atoms with van der Waals surface area (Å²) in [4.78, 5) is 13.0. The highest BCUT2D eigenvalue weighted by molar-refractivity contribution is 5.91. The van der Waals surface area contributed by atoms with Crippen molar-refractivity contribution in [2.24, 2.45) is 0 Å². The lowest BCUT2D eigenvalue weighted by Crippen LogP contribution is -2.60. The number of ether oxygens (including phenoxy) is 4. The van der Waals surface area contributed by atoms with E-state index in [0.29, 0.717) is 0 Å². The minimum Gasteiger partial charge on any atom is -0.504 e. The average molecular weight is 508 g/mol. The first-order valence-electron chi connectivity index (χ1n) is 10.6. The number of aliphatic hydroxyl groups excluding tert-OH is 4. The molecule has 1 saturated heterocycles. The highest BCUT2D eigenvalue weighted by Gasteiger charge is 2.45. The molecule has 3 unspecified atom stereocenters. The first-order valence-corrected chi connectivity index (χ1v) is 10.6. The van der Waals surface area contributed by atoms with E-state index in [1.807, 2.05) is 0 Å². The topological polar surface area (TPSA) is 209 Å². The van der Waals surface area contributed by atoms with Crippen LogP contribution in [0, 0.1) is 0 Å². The van der Waals surface area contributed by atoms with Crippen LogP contribution in [-0.2, 0) is 4.74 Å². The smallest absolute Gasteiger partial charge is 0.239 e. The van der Waals surface area contributed by atoms with Gasteiger partial charge in [0, 0.05) is 11.6 Å². The molecule has 5 atom stereocenters. The number of fused-ring (bicyclic) bond motifs is 1. The van der Waals surface area contributed by atoms with Gasteiger partial charge >= 0.3 is 0 Å². The van der Waals surface area contributed by atoms with Crippen LogP contribution in [0.5, 0.6) is 34.5 Å². The number of phenols is 3. The second-order valence-corrected chi connectivity index (χ2v) is 7.94. The monoisotopic (exact) mass is 508 g/mol. The van der Waals surface area contributed by atoms with Crippen LogP contribution in [0.1, 0.15) is 0 Å². The first-order chi connectivity index (χ1) is 17.1. The molecule has 13 nitrogen and oxygen atoms in total. The van der Waals surface area contributed by atoms with Crippen LogP contribution in [0.2, 0.25) is 0 Å². The Morgan fingerprint density at radius 1 is 0.917 bits per heavy atom. The quantitative estimate of drug-likeness (QED) is 0.215. The summed E-state index contributed by atoms with van der Waals surface area (Å²) in [5.41, 5.74) is -0.787. The average Bonchev–Trinajstić information content (AvgIpc) is 2.87. The largest absolute Gasteiger partial charge is 0.504 e. The molecule has 0 spiro atoms. The third kappa shape index (κ3) is 4.12. The molecule has 1 fully saturated rings. The summed E-state index contributed by atoms with van der Waals surface area (Å²) in [6.45, 7) is -0.658. The van der Waals surface area contributed by atoms with Gasteiger partial charge in [-0.3, -0.25) is 4.79 Å². The van der Waals surface area contributed by atoms with Gasteiger partial charge in [0.15, 0.2) is 28.8 Å². The van der Waals surface area contributed by atoms with Crippen LogP contribution in [0.15, 0.2) is 33.5 Å². The molecule has 3 aromatic rings. The van der Waals surface area contributed by atoms with Gasteiger partial charge in [0.25, 0.3) is 0 Å². The number of phenolic OH excluding ortho intramolecular Hbond substituents is 3. The lowest BCUT2D eigenvalue weighted by Gasteiger charge is -2.39. The zero-order chi connectivity index (χ0) is 26.3. The number of hydrogen-bond acceptors (Lipinski definition) is 13. The molecule has 36 heavy (non-hydrogen) atoms. The van der Waals surface area contributed by atoms with E-state index >= 15 is 0 Å². The molecule has 4 rings (SSSR count). The van der Waals surface area contributed by atoms with Crippen molar-refractivity contribution in [2.45, 2.75) is 30.7 Å². The van der Waals surface area contributed by atoms with E-state index in [2.05, 4.69) is 0 Å². The van der Waals surface area contributed by atoms with Crippen molar-refractivity contribution in [2.75, 3.05) is 20.8 Å². The number of rotatable bonds is 6. The Hall–Kier alpha value is -3.75. The van der Waals surface area contributed by atoms with Gasteiger partial charge in [-0.05, 0) is 18.2 Å². The Morgan fingerprint density at radius 3 is 2.25 bits per heavy atom. The maximum Gasteiger partial charge on any atom is 0.239 e. The van der Waals surface area contributed by atoms with Crippen molar-refractivity contribution in [3.8, 4) is 45.8 Å². The number of benzene rings is 2. The normalized spacial score (nSPS) is 24.0. The minimum atomic E-state index is -1.69. The molecule has 7 N–H and O–H groups in total. The van der Waals surface area contributed by atoms with Gasteiger partial charge < -0.3 is 59.1 Å². The summed E-state index contributed by atoms with van der Waals surface area (Å²) < 4.78 is 26.6. The summed E-state index contributed by atoms with van der Waals surface area (Å²) in [5, 5.41) is 69.8. The van der Waals surface area contributed by atoms with Gasteiger partial charge in [0.1, 0.15) is 35.4 Å². The van der Waals surface area contributed by atoms with Crippen molar-refractivity contribution >= 4 is 11.0 Å². The van der Waals surface area contributed by atoms with E-state index in [4.69, 9.17) is 23.4 Å². The van der Waals surface area contributed by atoms with Gasteiger partial charge in [-0.15, -0.1) is 0 Å². The van der Waals surface area contributed by atoms with Crippen LogP contribution < -0.4 is 19.6 Å². The number of aromatic hydroxyl groups is 3. The third-order valence-corrected chi connectivity index (χ3v) is 5.79. The molecule has 13 heteroatoms. The van der Waals surface area contributed by atoms with Gasteiger partial charge in [0.05, 0.1) is 20.8 Å². The number of methoxy groups -OCH3 is 2. The van der Waals surface area contributed by atoms with Crippen molar-refractivity contribution < 1.29 is 59.1 Å². The summed E-state index contributed by atoms with van der Waals surface area (Å²) in [7, 11) is 2.44. The highest BCUT2D eigenvalue weighted by Crippen LogP contribution is 2.44. The fourth-order valence-corrected chi connectivity index (χ4v) is 3.86. The predicted molar refractivity (Wildman–Crippen MR) is 120 cm³/mol. The van der Waals surface area contributed by atoms with Crippen LogP contribution in [0.3, 0.4) is 0 Å². The number of hydrogen-bond donors (Lipinski definition) is 7. The van der Waals surface area contributed by atoms with Gasteiger partial charge in [-0.25, -0.2) is 0 Å². The standard InChI is InChI=1S/C23H24O13/c1-32-12-6-11-14(17(28)15(12)26)18(29)22(33-2)21(34-11)8-3-4-10(9(25)5-8)35-23-20(31)19(30)16(27)13(7-24)36-23/h3-6,13,16,19-20,23-28,30-31H,7H2,1-2H3/t13?,16-,19?,20?,23-/m1/s1. The molecule has 194 valence electrons. The molecular weight excluding hydrogens is 484 g/mol. The molecule has 1 aliphatic rings. The SMILES string of the molecule is COc1cc2oc(-c3ccc(O[C@@H]4OC(CO)[C@@H](O)C(O)C4O)c(O)c3)c(OC)c(=O)c2c(O)c1O. The van der Waals surface area contributed by atoms with Crippen LogP contribution >= 0.6 is 0 Å². The molecule has 0 aliphatic carbocycles. The highest BCUT2D eigenvalue weighted by atomic mass is 16.7. The fourth-order valence-electron chi connectivity index (χ4n) is 3.86. The molecule has 2 heterocycles. The minimum absolute atomic E-state index is 0.128. The van der Waals surface area contributed by atoms with E-state index in [0.717, 1.165) is 6.07 Å². The zero-order valence-corrected chi connectivity index (χ0v) is 19.0. The number of aliphatic hydroxyl groups is 4. The molecule has 1 aromatic heterocycles. The Kier molecular flexibility index (Phi) is 6.84. The molecule has 2 aromatic carbocycles. The molecular formula is C23H24O13. The molecule has 0 amide bonds. The summed E-state index contributed by atoms with van der Waals surface area (Å²) >= 11 is 0. The van der Waals surface area contributed by atoms with Gasteiger partial charge in [-0.1, -0.05) is 0 Å². The van der Waals surface area contributed by atoms with E-state index < -0.39 is 60.0 Å². The van der Waals surface area contributed by atoms with Crippen molar-refractivity contribution in [3.05, 3.63) is 34.5 Å². The Balaban J connectivity index is 1.74. The maximum absolute atomic E-state index is 13.0. The summed E-state index contributed by atoms with van der Waals surface area (Å²) in [6.07, 6.45) is -7.69. The van der Waals surface area contributed by atoms with Crippen LogP contribution in [-0.4, -0.2) is 87.3 Å². The second kappa shape index (κ2) is 9.72. The molecule has 0 saturated carbocycles. The van der Waals surface area contributed by atoms with E-state index in [1.165, 1.54) is 32.4 Å². The maximum atomic E-state index is 13.0. The van der Waals surface area contributed by atoms with Crippen molar-refractivity contribution in [1.29, 1.82) is 0 Å². The van der Waals surface area contributed by atoms with Gasteiger partial charge in [-0.2, -0.15) is 0 Å².